The lowest BCUT2D eigenvalue weighted by Gasteiger charge is -2.19. The Morgan fingerprint density at radius 2 is 1.77 bits per heavy atom. The van der Waals surface area contributed by atoms with E-state index in [1.54, 1.807) is 59.6 Å². The first-order valence-electron chi connectivity index (χ1n) is 9.61. The number of pyridine rings is 1. The van der Waals surface area contributed by atoms with E-state index >= 15 is 0 Å². The molecule has 0 saturated carbocycles. The number of carbonyl (C=O) groups excluding carboxylic acids is 2. The first-order chi connectivity index (χ1) is 14.5. The van der Waals surface area contributed by atoms with Gasteiger partial charge in [-0.05, 0) is 68.4 Å². The summed E-state index contributed by atoms with van der Waals surface area (Å²) in [4.78, 5) is 31.4. The van der Waals surface area contributed by atoms with E-state index in [4.69, 9.17) is 4.74 Å². The van der Waals surface area contributed by atoms with Gasteiger partial charge in [0.1, 0.15) is 11.3 Å². The molecular formula is C23H22BrN3O3. The molecule has 154 valence electrons. The zero-order valence-corrected chi connectivity index (χ0v) is 18.3. The number of hydrogen-bond acceptors (Lipinski definition) is 4. The lowest BCUT2D eigenvalue weighted by atomic mass is 10.1. The molecule has 0 aliphatic heterocycles. The highest BCUT2D eigenvalue weighted by Crippen LogP contribution is 2.25. The summed E-state index contributed by atoms with van der Waals surface area (Å²) in [6, 6.07) is 17.5. The summed E-state index contributed by atoms with van der Waals surface area (Å²) in [5, 5.41) is 2.83. The largest absolute Gasteiger partial charge is 0.438 e. The third-order valence-electron chi connectivity index (χ3n) is 4.46. The second-order valence-corrected chi connectivity index (χ2v) is 7.34. The molecule has 0 bridgehead atoms. The van der Waals surface area contributed by atoms with Gasteiger partial charge in [-0.2, -0.15) is 0 Å². The lowest BCUT2D eigenvalue weighted by molar-refractivity contribution is 0.0772. The van der Waals surface area contributed by atoms with Gasteiger partial charge in [-0.25, -0.2) is 4.98 Å². The fourth-order valence-electron chi connectivity index (χ4n) is 2.88. The fourth-order valence-corrected chi connectivity index (χ4v) is 3.15. The van der Waals surface area contributed by atoms with Crippen LogP contribution in [-0.2, 0) is 0 Å². The number of rotatable bonds is 7. The summed E-state index contributed by atoms with van der Waals surface area (Å²) in [6.07, 6.45) is 1.56. The molecule has 0 fully saturated rings. The van der Waals surface area contributed by atoms with E-state index in [1.807, 2.05) is 26.0 Å². The van der Waals surface area contributed by atoms with Gasteiger partial charge < -0.3 is 15.0 Å². The van der Waals surface area contributed by atoms with Crippen molar-refractivity contribution < 1.29 is 14.3 Å². The topological polar surface area (TPSA) is 71.5 Å². The van der Waals surface area contributed by atoms with E-state index in [9.17, 15) is 9.59 Å². The van der Waals surface area contributed by atoms with Gasteiger partial charge in [0.15, 0.2) is 0 Å². The first-order valence-corrected chi connectivity index (χ1v) is 10.4. The number of benzene rings is 2. The monoisotopic (exact) mass is 467 g/mol. The Bertz CT molecular complexity index is 1030. The SMILES string of the molecule is CCN(CC)C(=O)c1cccc(NC(=O)c2cccnc2Oc2ccc(Br)cc2)c1. The van der Waals surface area contributed by atoms with Crippen molar-refractivity contribution in [1.82, 2.24) is 9.88 Å². The number of ether oxygens (including phenoxy) is 1. The Hall–Kier alpha value is -3.19. The Labute approximate surface area is 184 Å². The number of carbonyl (C=O) groups is 2. The van der Waals surface area contributed by atoms with Crippen molar-refractivity contribution in [2.45, 2.75) is 13.8 Å². The predicted molar refractivity (Wildman–Crippen MR) is 120 cm³/mol. The van der Waals surface area contributed by atoms with Crippen LogP contribution in [-0.4, -0.2) is 34.8 Å². The van der Waals surface area contributed by atoms with E-state index in [1.165, 1.54) is 0 Å². The highest BCUT2D eigenvalue weighted by atomic mass is 79.9. The van der Waals surface area contributed by atoms with Crippen LogP contribution in [0.1, 0.15) is 34.6 Å². The summed E-state index contributed by atoms with van der Waals surface area (Å²) in [5.74, 6) is 0.324. The number of nitrogens with zero attached hydrogens (tertiary/aromatic N) is 2. The third kappa shape index (κ3) is 5.24. The summed E-state index contributed by atoms with van der Waals surface area (Å²) in [7, 11) is 0. The molecule has 1 aromatic heterocycles. The molecule has 3 aromatic rings. The maximum atomic E-state index is 12.9. The van der Waals surface area contributed by atoms with Crippen LogP contribution in [0, 0.1) is 0 Å². The predicted octanol–water partition coefficient (Wildman–Crippen LogP) is 5.37. The molecule has 0 unspecified atom stereocenters. The maximum Gasteiger partial charge on any atom is 0.261 e. The van der Waals surface area contributed by atoms with Gasteiger partial charge in [0, 0.05) is 35.0 Å². The standard InChI is InChI=1S/C23H22BrN3O3/c1-3-27(4-2)23(29)16-7-5-8-18(15-16)26-21(28)20-9-6-14-25-22(20)30-19-12-10-17(24)11-13-19/h5-15H,3-4H2,1-2H3,(H,26,28). The molecule has 1 heterocycles. The number of anilines is 1. The molecule has 0 aliphatic rings. The molecule has 3 rings (SSSR count). The van der Waals surface area contributed by atoms with Crippen molar-refractivity contribution in [3.8, 4) is 11.6 Å². The van der Waals surface area contributed by atoms with Crippen LogP contribution >= 0.6 is 15.9 Å². The van der Waals surface area contributed by atoms with Gasteiger partial charge in [0.2, 0.25) is 5.88 Å². The summed E-state index contributed by atoms with van der Waals surface area (Å²) >= 11 is 3.38. The van der Waals surface area contributed by atoms with Gasteiger partial charge in [0.25, 0.3) is 11.8 Å². The van der Waals surface area contributed by atoms with Crippen molar-refractivity contribution in [1.29, 1.82) is 0 Å². The van der Waals surface area contributed by atoms with Crippen LogP contribution in [0.4, 0.5) is 5.69 Å². The fraction of sp³-hybridized carbons (Fsp3) is 0.174. The van der Waals surface area contributed by atoms with Gasteiger partial charge in [0.05, 0.1) is 0 Å². The molecule has 2 aromatic carbocycles. The second kappa shape index (κ2) is 10.0. The second-order valence-electron chi connectivity index (χ2n) is 6.42. The zero-order chi connectivity index (χ0) is 21.5. The number of nitrogens with one attached hydrogen (secondary N) is 1. The van der Waals surface area contributed by atoms with E-state index in [0.717, 1.165) is 4.47 Å². The van der Waals surface area contributed by atoms with Crippen molar-refractivity contribution in [3.05, 3.63) is 82.5 Å². The molecule has 30 heavy (non-hydrogen) atoms. The van der Waals surface area contributed by atoms with E-state index < -0.39 is 0 Å². The number of aromatic nitrogens is 1. The lowest BCUT2D eigenvalue weighted by Crippen LogP contribution is -2.30. The van der Waals surface area contributed by atoms with Crippen molar-refractivity contribution in [2.24, 2.45) is 0 Å². The summed E-state index contributed by atoms with van der Waals surface area (Å²) < 4.78 is 6.72. The quantitative estimate of drug-likeness (QED) is 0.506. The van der Waals surface area contributed by atoms with Gasteiger partial charge in [-0.1, -0.05) is 22.0 Å². The number of halogens is 1. The number of hydrogen-bond donors (Lipinski definition) is 1. The minimum Gasteiger partial charge on any atom is -0.438 e. The molecule has 0 spiro atoms. The molecule has 0 saturated heterocycles. The van der Waals surface area contributed by atoms with Gasteiger partial charge >= 0.3 is 0 Å². The molecule has 2 amide bonds. The average molecular weight is 468 g/mol. The average Bonchev–Trinajstić information content (AvgIpc) is 2.76. The zero-order valence-electron chi connectivity index (χ0n) is 16.8. The molecular weight excluding hydrogens is 446 g/mol. The minimum absolute atomic E-state index is 0.0725. The molecule has 1 N–H and O–H groups in total. The summed E-state index contributed by atoms with van der Waals surface area (Å²) in [5.41, 5.74) is 1.34. The Morgan fingerprint density at radius 3 is 2.47 bits per heavy atom. The molecule has 0 radical (unpaired) electrons. The Balaban J connectivity index is 1.79. The van der Waals surface area contributed by atoms with Crippen molar-refractivity contribution in [2.75, 3.05) is 18.4 Å². The summed E-state index contributed by atoms with van der Waals surface area (Å²) in [6.45, 7) is 5.11. The first kappa shape index (κ1) is 21.5. The van der Waals surface area contributed by atoms with Crippen LogP contribution in [0.5, 0.6) is 11.6 Å². The van der Waals surface area contributed by atoms with Crippen LogP contribution in [0.3, 0.4) is 0 Å². The van der Waals surface area contributed by atoms with E-state index in [-0.39, 0.29) is 17.7 Å². The minimum atomic E-state index is -0.373. The molecule has 7 heteroatoms. The van der Waals surface area contributed by atoms with Crippen molar-refractivity contribution >= 4 is 33.4 Å². The van der Waals surface area contributed by atoms with Gasteiger partial charge in [-0.3, -0.25) is 9.59 Å². The van der Waals surface area contributed by atoms with E-state index in [2.05, 4.69) is 26.2 Å². The smallest absolute Gasteiger partial charge is 0.261 e. The highest BCUT2D eigenvalue weighted by Gasteiger charge is 2.17. The van der Waals surface area contributed by atoms with Gasteiger partial charge in [-0.15, -0.1) is 0 Å². The van der Waals surface area contributed by atoms with Crippen LogP contribution in [0.25, 0.3) is 0 Å². The van der Waals surface area contributed by atoms with Crippen molar-refractivity contribution in [3.63, 3.8) is 0 Å². The molecule has 6 nitrogen and oxygen atoms in total. The van der Waals surface area contributed by atoms with Crippen LogP contribution < -0.4 is 10.1 Å². The van der Waals surface area contributed by atoms with E-state index in [0.29, 0.717) is 35.7 Å². The number of amides is 2. The molecule has 0 aliphatic carbocycles. The maximum absolute atomic E-state index is 12.9. The normalized spacial score (nSPS) is 10.4. The Kier molecular flexibility index (Phi) is 7.19. The molecule has 0 atom stereocenters. The highest BCUT2D eigenvalue weighted by molar-refractivity contribution is 9.10. The third-order valence-corrected chi connectivity index (χ3v) is 4.99. The van der Waals surface area contributed by atoms with Crippen LogP contribution in [0.2, 0.25) is 0 Å². The van der Waals surface area contributed by atoms with Crippen LogP contribution in [0.15, 0.2) is 71.3 Å². The Morgan fingerprint density at radius 1 is 1.03 bits per heavy atom.